The molecular formula is C11H19ClN2O2. The van der Waals surface area contributed by atoms with Gasteiger partial charge in [-0.25, -0.2) is 0 Å². The van der Waals surface area contributed by atoms with Gasteiger partial charge in [0.05, 0.1) is 6.10 Å². The number of amides is 1. The number of rotatable bonds is 3. The van der Waals surface area contributed by atoms with Crippen LogP contribution in [0.5, 0.6) is 0 Å². The SMILES string of the molecule is Cl.O=C(COC1CNC1)N1CC2CCC1C2. The van der Waals surface area contributed by atoms with E-state index >= 15 is 0 Å². The Morgan fingerprint density at radius 3 is 2.69 bits per heavy atom. The molecule has 5 heteroatoms. The average Bonchev–Trinajstić information content (AvgIpc) is 2.75. The highest BCUT2D eigenvalue weighted by Crippen LogP contribution is 2.37. The molecule has 3 fully saturated rings. The third kappa shape index (κ3) is 2.19. The Hall–Kier alpha value is -0.320. The maximum atomic E-state index is 11.9. The molecule has 2 bridgehead atoms. The maximum Gasteiger partial charge on any atom is 0.248 e. The molecule has 2 aliphatic heterocycles. The monoisotopic (exact) mass is 246 g/mol. The summed E-state index contributed by atoms with van der Waals surface area (Å²) in [6, 6.07) is 0.533. The van der Waals surface area contributed by atoms with Gasteiger partial charge >= 0.3 is 0 Å². The summed E-state index contributed by atoms with van der Waals surface area (Å²) in [5.41, 5.74) is 0. The van der Waals surface area contributed by atoms with E-state index in [0.29, 0.717) is 6.04 Å². The molecule has 16 heavy (non-hydrogen) atoms. The number of carbonyl (C=O) groups is 1. The van der Waals surface area contributed by atoms with E-state index in [1.54, 1.807) is 0 Å². The van der Waals surface area contributed by atoms with Crippen molar-refractivity contribution in [3.63, 3.8) is 0 Å². The molecule has 1 saturated carbocycles. The number of ether oxygens (including phenoxy) is 1. The highest BCUT2D eigenvalue weighted by atomic mass is 35.5. The number of hydrogen-bond acceptors (Lipinski definition) is 3. The highest BCUT2D eigenvalue weighted by molar-refractivity contribution is 5.85. The summed E-state index contributed by atoms with van der Waals surface area (Å²) in [6.45, 7) is 3.07. The van der Waals surface area contributed by atoms with Gasteiger partial charge in [-0.05, 0) is 25.2 Å². The minimum absolute atomic E-state index is 0. The van der Waals surface area contributed by atoms with E-state index < -0.39 is 0 Å². The molecule has 2 atom stereocenters. The fraction of sp³-hybridized carbons (Fsp3) is 0.909. The molecule has 0 aromatic heterocycles. The molecule has 92 valence electrons. The third-order valence-electron chi connectivity index (χ3n) is 3.92. The number of nitrogens with zero attached hydrogens (tertiary/aromatic N) is 1. The van der Waals surface area contributed by atoms with Gasteiger partial charge in [-0.1, -0.05) is 0 Å². The van der Waals surface area contributed by atoms with Crippen LogP contribution in [0.3, 0.4) is 0 Å². The summed E-state index contributed by atoms with van der Waals surface area (Å²) < 4.78 is 5.51. The lowest BCUT2D eigenvalue weighted by atomic mass is 10.1. The number of fused-ring (bicyclic) bond motifs is 2. The van der Waals surface area contributed by atoms with Crippen LogP contribution in [0.2, 0.25) is 0 Å². The summed E-state index contributed by atoms with van der Waals surface area (Å²) in [5.74, 6) is 0.985. The lowest BCUT2D eigenvalue weighted by molar-refractivity contribution is -0.140. The van der Waals surface area contributed by atoms with Crippen LogP contribution in [-0.4, -0.2) is 49.2 Å². The van der Waals surface area contributed by atoms with Crippen molar-refractivity contribution >= 4 is 18.3 Å². The van der Waals surface area contributed by atoms with Crippen molar-refractivity contribution in [1.29, 1.82) is 0 Å². The Bertz CT molecular complexity index is 271. The Morgan fingerprint density at radius 2 is 2.19 bits per heavy atom. The van der Waals surface area contributed by atoms with Crippen molar-refractivity contribution in [2.75, 3.05) is 26.2 Å². The molecule has 2 heterocycles. The fourth-order valence-electron chi connectivity index (χ4n) is 2.88. The van der Waals surface area contributed by atoms with Crippen molar-refractivity contribution in [3.05, 3.63) is 0 Å². The predicted molar refractivity (Wildman–Crippen MR) is 62.7 cm³/mol. The number of piperidine rings is 1. The molecule has 0 aromatic rings. The van der Waals surface area contributed by atoms with Crippen LogP contribution in [-0.2, 0) is 9.53 Å². The molecular weight excluding hydrogens is 228 g/mol. The summed E-state index contributed by atoms with van der Waals surface area (Å²) in [6.07, 6.45) is 4.04. The fourth-order valence-corrected chi connectivity index (χ4v) is 2.88. The van der Waals surface area contributed by atoms with E-state index in [1.165, 1.54) is 19.3 Å². The van der Waals surface area contributed by atoms with E-state index in [0.717, 1.165) is 25.6 Å². The molecule has 0 aromatic carbocycles. The molecule has 0 radical (unpaired) electrons. The van der Waals surface area contributed by atoms with Crippen molar-refractivity contribution < 1.29 is 9.53 Å². The van der Waals surface area contributed by atoms with E-state index in [-0.39, 0.29) is 31.0 Å². The van der Waals surface area contributed by atoms with Crippen molar-refractivity contribution in [3.8, 4) is 0 Å². The number of nitrogens with one attached hydrogen (secondary N) is 1. The van der Waals surface area contributed by atoms with Gasteiger partial charge in [0.15, 0.2) is 0 Å². The summed E-state index contributed by atoms with van der Waals surface area (Å²) in [7, 11) is 0. The first-order valence-electron chi connectivity index (χ1n) is 5.94. The van der Waals surface area contributed by atoms with Crippen LogP contribution in [0, 0.1) is 5.92 Å². The van der Waals surface area contributed by atoms with Crippen LogP contribution in [0.15, 0.2) is 0 Å². The van der Waals surface area contributed by atoms with Gasteiger partial charge in [-0.15, -0.1) is 12.4 Å². The van der Waals surface area contributed by atoms with Crippen LogP contribution >= 0.6 is 12.4 Å². The quantitative estimate of drug-likeness (QED) is 0.784. The number of likely N-dealkylation sites (tertiary alicyclic amines) is 1. The lowest BCUT2D eigenvalue weighted by Gasteiger charge is -2.30. The minimum Gasteiger partial charge on any atom is -0.366 e. The Labute approximate surface area is 102 Å². The van der Waals surface area contributed by atoms with Gasteiger partial charge in [0.2, 0.25) is 5.91 Å². The second-order valence-corrected chi connectivity index (χ2v) is 4.97. The zero-order valence-electron chi connectivity index (χ0n) is 9.35. The topological polar surface area (TPSA) is 41.6 Å². The summed E-state index contributed by atoms with van der Waals surface area (Å²) >= 11 is 0. The first kappa shape index (κ1) is 12.1. The average molecular weight is 247 g/mol. The summed E-state index contributed by atoms with van der Waals surface area (Å²) in [4.78, 5) is 13.9. The molecule has 0 spiro atoms. The second-order valence-electron chi connectivity index (χ2n) is 4.97. The summed E-state index contributed by atoms with van der Waals surface area (Å²) in [5, 5.41) is 3.13. The number of carbonyl (C=O) groups excluding carboxylic acids is 1. The molecule has 1 N–H and O–H groups in total. The van der Waals surface area contributed by atoms with Gasteiger partial charge in [0.25, 0.3) is 0 Å². The zero-order chi connectivity index (χ0) is 10.3. The Kier molecular flexibility index (Phi) is 3.72. The van der Waals surface area contributed by atoms with E-state index in [4.69, 9.17) is 4.74 Å². The molecule has 3 rings (SSSR count). The van der Waals surface area contributed by atoms with E-state index in [1.807, 2.05) is 4.90 Å². The highest BCUT2D eigenvalue weighted by Gasteiger charge is 2.40. The standard InChI is InChI=1S/C11H18N2O2.ClH/c14-11(7-15-10-4-12-5-10)13-6-8-1-2-9(13)3-8;/h8-10,12H,1-7H2;1H. The maximum absolute atomic E-state index is 11.9. The Morgan fingerprint density at radius 1 is 1.38 bits per heavy atom. The zero-order valence-corrected chi connectivity index (χ0v) is 10.2. The van der Waals surface area contributed by atoms with Crippen LogP contribution in [0.25, 0.3) is 0 Å². The number of hydrogen-bond donors (Lipinski definition) is 1. The first-order chi connectivity index (χ1) is 7.33. The van der Waals surface area contributed by atoms with Crippen LogP contribution < -0.4 is 5.32 Å². The van der Waals surface area contributed by atoms with Gasteiger partial charge in [0.1, 0.15) is 6.61 Å². The largest absolute Gasteiger partial charge is 0.366 e. The van der Waals surface area contributed by atoms with Gasteiger partial charge in [0, 0.05) is 25.7 Å². The van der Waals surface area contributed by atoms with E-state index in [2.05, 4.69) is 5.32 Å². The van der Waals surface area contributed by atoms with Crippen molar-refractivity contribution in [2.45, 2.75) is 31.4 Å². The van der Waals surface area contributed by atoms with Crippen molar-refractivity contribution in [1.82, 2.24) is 10.2 Å². The lowest BCUT2D eigenvalue weighted by Crippen LogP contribution is -2.50. The normalized spacial score (nSPS) is 32.4. The van der Waals surface area contributed by atoms with Gasteiger partial charge < -0.3 is 15.0 Å². The number of halogens is 1. The smallest absolute Gasteiger partial charge is 0.248 e. The van der Waals surface area contributed by atoms with Crippen LogP contribution in [0.4, 0.5) is 0 Å². The molecule has 4 nitrogen and oxygen atoms in total. The molecule has 1 amide bonds. The molecule has 3 aliphatic rings. The van der Waals surface area contributed by atoms with Crippen molar-refractivity contribution in [2.24, 2.45) is 5.92 Å². The van der Waals surface area contributed by atoms with Gasteiger partial charge in [-0.3, -0.25) is 4.79 Å². The van der Waals surface area contributed by atoms with Crippen LogP contribution in [0.1, 0.15) is 19.3 Å². The molecule has 1 aliphatic carbocycles. The van der Waals surface area contributed by atoms with E-state index in [9.17, 15) is 4.79 Å². The minimum atomic E-state index is 0. The molecule has 2 unspecified atom stereocenters. The third-order valence-corrected chi connectivity index (χ3v) is 3.92. The second kappa shape index (κ2) is 4.90. The Balaban J connectivity index is 0.000000963. The van der Waals surface area contributed by atoms with Gasteiger partial charge in [-0.2, -0.15) is 0 Å². The first-order valence-corrected chi connectivity index (χ1v) is 5.94. The predicted octanol–water partition coefficient (Wildman–Crippen LogP) is 0.407. The molecule has 2 saturated heterocycles.